The van der Waals surface area contributed by atoms with E-state index >= 15 is 4.57 Å². The van der Waals surface area contributed by atoms with Gasteiger partial charge in [0.25, 0.3) is 0 Å². The zero-order valence-electron chi connectivity index (χ0n) is 36.9. The largest absolute Gasteiger partial charge is 0.309 e. The van der Waals surface area contributed by atoms with Crippen molar-refractivity contribution in [1.82, 2.24) is 0 Å². The van der Waals surface area contributed by atoms with E-state index in [1.54, 1.807) is 0 Å². The molecule has 1 nitrogen and oxygen atoms in total. The second-order valence-electron chi connectivity index (χ2n) is 17.4. The van der Waals surface area contributed by atoms with E-state index in [0.717, 1.165) is 20.4 Å². The van der Waals surface area contributed by atoms with Gasteiger partial charge in [-0.3, -0.25) is 0 Å². The van der Waals surface area contributed by atoms with E-state index in [9.17, 15) is 0 Å². The Bertz CT molecular complexity index is 2390. The minimum atomic E-state index is -3.31. The van der Waals surface area contributed by atoms with E-state index < -0.39 is 7.14 Å². The second-order valence-corrected chi connectivity index (χ2v) is 21.1. The molecular weight excluding hydrogens is 797 g/mol. The summed E-state index contributed by atoms with van der Waals surface area (Å²) in [5, 5.41) is 2.48. The molecule has 0 saturated heterocycles. The van der Waals surface area contributed by atoms with Crippen LogP contribution < -0.4 is 48.7 Å². The van der Waals surface area contributed by atoms with Crippen molar-refractivity contribution in [2.45, 2.75) is 83.1 Å². The smallest absolute Gasteiger partial charge is 0.242 e. The van der Waals surface area contributed by atoms with Crippen LogP contribution >= 0.6 is 23.1 Å². The molecule has 0 amide bonds. The number of rotatable bonds is 9. The molecule has 5 heteroatoms. The molecule has 0 heterocycles. The fourth-order valence-electron chi connectivity index (χ4n) is 10.4. The SMILES string of the molecule is Cc1cc(C)c(B(c2ccc(P(=O)(c3ccc(Br)cc3)c3ccc(B(c4c(C)cc(C)cc4C)c4c(C)cc(C)cc4C)cc3)cc2)c2c(C)cc(C)cc2C)c(C)c1. The Morgan fingerprint density at radius 1 is 0.339 bits per heavy atom. The number of aryl methyl sites for hydroxylation is 12. The summed E-state index contributed by atoms with van der Waals surface area (Å²) in [6, 6.07) is 44.0. The lowest BCUT2D eigenvalue weighted by molar-refractivity contribution is 0.592. The number of halogens is 1. The van der Waals surface area contributed by atoms with Gasteiger partial charge < -0.3 is 4.57 Å². The highest BCUT2D eigenvalue weighted by molar-refractivity contribution is 9.10. The summed E-state index contributed by atoms with van der Waals surface area (Å²) in [5.74, 6) is 0. The van der Waals surface area contributed by atoms with Crippen LogP contribution in [0, 0.1) is 83.1 Å². The molecule has 0 aliphatic rings. The maximum absolute atomic E-state index is 16.1. The van der Waals surface area contributed by atoms with Crippen molar-refractivity contribution < 1.29 is 4.57 Å². The van der Waals surface area contributed by atoms with Gasteiger partial charge in [0.2, 0.25) is 13.4 Å². The van der Waals surface area contributed by atoms with Crippen LogP contribution in [0.15, 0.2) is 126 Å². The van der Waals surface area contributed by atoms with Crippen molar-refractivity contribution in [3.05, 3.63) is 193 Å². The molecule has 59 heavy (non-hydrogen) atoms. The van der Waals surface area contributed by atoms with E-state index in [1.807, 2.05) is 24.3 Å². The lowest BCUT2D eigenvalue weighted by Gasteiger charge is -2.26. The summed E-state index contributed by atoms with van der Waals surface area (Å²) < 4.78 is 17.1. The van der Waals surface area contributed by atoms with Gasteiger partial charge in [0.15, 0.2) is 7.14 Å². The zero-order valence-corrected chi connectivity index (χ0v) is 39.4. The first-order valence-electron chi connectivity index (χ1n) is 20.9. The van der Waals surface area contributed by atoms with Gasteiger partial charge >= 0.3 is 0 Å². The summed E-state index contributed by atoms with van der Waals surface area (Å²) in [6.45, 7) is 26.7. The Morgan fingerprint density at radius 2 is 0.542 bits per heavy atom. The van der Waals surface area contributed by atoms with Crippen LogP contribution in [0.1, 0.15) is 66.8 Å². The van der Waals surface area contributed by atoms with Crippen molar-refractivity contribution in [2.24, 2.45) is 0 Å². The average molecular weight is 854 g/mol. The molecule has 7 aromatic carbocycles. The van der Waals surface area contributed by atoms with Crippen molar-refractivity contribution in [1.29, 1.82) is 0 Å². The molecule has 0 aliphatic heterocycles. The number of hydrogen-bond acceptors (Lipinski definition) is 1. The number of benzene rings is 7. The molecular formula is C54H56B2BrOP. The maximum Gasteiger partial charge on any atom is 0.242 e. The van der Waals surface area contributed by atoms with Crippen LogP contribution in [0.25, 0.3) is 0 Å². The summed E-state index contributed by atoms with van der Waals surface area (Å²) >= 11 is 3.64. The minimum Gasteiger partial charge on any atom is -0.309 e. The fourth-order valence-corrected chi connectivity index (χ4v) is 13.3. The Hall–Kier alpha value is -4.62. The molecule has 0 radical (unpaired) electrons. The van der Waals surface area contributed by atoms with E-state index in [1.165, 1.54) is 99.5 Å². The summed E-state index contributed by atoms with van der Waals surface area (Å²) in [5.41, 5.74) is 23.2. The predicted molar refractivity (Wildman–Crippen MR) is 265 cm³/mol. The van der Waals surface area contributed by atoms with E-state index in [0.29, 0.717) is 0 Å². The Balaban J connectivity index is 1.40. The quantitative estimate of drug-likeness (QED) is 0.105. The van der Waals surface area contributed by atoms with Crippen LogP contribution in [0.2, 0.25) is 0 Å². The topological polar surface area (TPSA) is 17.1 Å². The average Bonchev–Trinajstić information content (AvgIpc) is 3.15. The molecule has 0 aromatic heterocycles. The van der Waals surface area contributed by atoms with E-state index in [-0.39, 0.29) is 13.4 Å². The molecule has 0 bridgehead atoms. The van der Waals surface area contributed by atoms with Crippen molar-refractivity contribution >= 4 is 85.2 Å². The Kier molecular flexibility index (Phi) is 12.1. The van der Waals surface area contributed by atoms with Crippen LogP contribution in [-0.2, 0) is 4.57 Å². The second kappa shape index (κ2) is 16.8. The van der Waals surface area contributed by atoms with Crippen molar-refractivity contribution in [3.8, 4) is 0 Å². The van der Waals surface area contributed by atoms with Gasteiger partial charge in [-0.1, -0.05) is 213 Å². The first-order chi connectivity index (χ1) is 28.0. The monoisotopic (exact) mass is 852 g/mol. The van der Waals surface area contributed by atoms with Gasteiger partial charge in [0.1, 0.15) is 0 Å². The molecule has 0 spiro atoms. The Morgan fingerprint density at radius 3 is 0.763 bits per heavy atom. The highest BCUT2D eigenvalue weighted by Gasteiger charge is 2.34. The molecule has 0 unspecified atom stereocenters. The molecule has 0 fully saturated rings. The normalized spacial score (nSPS) is 11.5. The molecule has 7 aromatic rings. The Labute approximate surface area is 363 Å². The fraction of sp³-hybridized carbons (Fsp3) is 0.222. The lowest BCUT2D eigenvalue weighted by atomic mass is 9.34. The number of hydrogen-bond donors (Lipinski definition) is 0. The lowest BCUT2D eigenvalue weighted by Crippen LogP contribution is -2.56. The van der Waals surface area contributed by atoms with E-state index in [4.69, 9.17) is 0 Å². The van der Waals surface area contributed by atoms with Crippen molar-refractivity contribution in [3.63, 3.8) is 0 Å². The van der Waals surface area contributed by atoms with Crippen LogP contribution in [-0.4, -0.2) is 13.4 Å². The van der Waals surface area contributed by atoms with Gasteiger partial charge in [0.05, 0.1) is 0 Å². The standard InChI is InChI=1S/C54H56B2BrOP/c1-33-25-37(5)51(38(6)26-33)55(52-39(7)27-34(2)28-40(52)8)45-13-19-48(20-14-45)59(58,50-23-17-47(57)18-24-50)49-21-15-46(16-22-49)56(53-41(9)29-35(3)30-42(53)10)54-43(11)31-36(4)32-44(54)12/h13-32H,1-12H3. The van der Waals surface area contributed by atoms with Crippen LogP contribution in [0.3, 0.4) is 0 Å². The third-order valence-corrected chi connectivity index (χ3v) is 16.1. The van der Waals surface area contributed by atoms with Gasteiger partial charge in [-0.05, 0) is 107 Å². The van der Waals surface area contributed by atoms with E-state index in [2.05, 4.69) is 196 Å². The van der Waals surface area contributed by atoms with Gasteiger partial charge in [-0.2, -0.15) is 0 Å². The van der Waals surface area contributed by atoms with Gasteiger partial charge in [-0.15, -0.1) is 0 Å². The highest BCUT2D eigenvalue weighted by Crippen LogP contribution is 2.42. The molecule has 0 N–H and O–H groups in total. The third kappa shape index (κ3) is 8.16. The zero-order chi connectivity index (χ0) is 42.5. The summed E-state index contributed by atoms with van der Waals surface area (Å²) in [6.07, 6.45) is 0. The summed E-state index contributed by atoms with van der Waals surface area (Å²) in [7, 11) is -3.31. The van der Waals surface area contributed by atoms with Crippen LogP contribution in [0.5, 0.6) is 0 Å². The molecule has 0 aliphatic carbocycles. The summed E-state index contributed by atoms with van der Waals surface area (Å²) in [4.78, 5) is 0. The first-order valence-corrected chi connectivity index (χ1v) is 23.4. The van der Waals surface area contributed by atoms with Crippen molar-refractivity contribution in [2.75, 3.05) is 0 Å². The van der Waals surface area contributed by atoms with Gasteiger partial charge in [0, 0.05) is 20.4 Å². The first kappa shape index (κ1) is 42.5. The van der Waals surface area contributed by atoms with Gasteiger partial charge in [-0.25, -0.2) is 0 Å². The molecule has 0 atom stereocenters. The third-order valence-electron chi connectivity index (χ3n) is 12.5. The minimum absolute atomic E-state index is 0.0379. The molecule has 7 rings (SSSR count). The molecule has 0 saturated carbocycles. The molecule has 296 valence electrons. The van der Waals surface area contributed by atoms with Crippen LogP contribution in [0.4, 0.5) is 0 Å². The predicted octanol–water partition coefficient (Wildman–Crippen LogP) is 8.82. The highest BCUT2D eigenvalue weighted by atomic mass is 79.9. The maximum atomic E-state index is 16.1.